The minimum absolute atomic E-state index is 0.0485. The van der Waals surface area contributed by atoms with Crippen LogP contribution in [0.2, 0.25) is 0 Å². The number of benzene rings is 1. The number of ether oxygens (including phenoxy) is 3. The van der Waals surface area contributed by atoms with Gasteiger partial charge in [-0.05, 0) is 31.0 Å². The van der Waals surface area contributed by atoms with Gasteiger partial charge in [0.2, 0.25) is 5.91 Å². The lowest BCUT2D eigenvalue weighted by Crippen LogP contribution is -2.46. The van der Waals surface area contributed by atoms with Crippen LogP contribution < -0.4 is 9.47 Å². The highest BCUT2D eigenvalue weighted by molar-refractivity contribution is 5.77. The summed E-state index contributed by atoms with van der Waals surface area (Å²) in [6.45, 7) is 8.14. The number of aliphatic hydroxyl groups is 2. The van der Waals surface area contributed by atoms with E-state index in [0.29, 0.717) is 44.4 Å². The van der Waals surface area contributed by atoms with Crippen molar-refractivity contribution in [3.63, 3.8) is 0 Å². The van der Waals surface area contributed by atoms with Crippen LogP contribution in [0.3, 0.4) is 0 Å². The van der Waals surface area contributed by atoms with Crippen molar-refractivity contribution in [1.82, 2.24) is 4.90 Å². The maximum atomic E-state index is 12.1. The molecule has 0 aliphatic carbocycles. The summed E-state index contributed by atoms with van der Waals surface area (Å²) in [6.07, 6.45) is 0.363. The summed E-state index contributed by atoms with van der Waals surface area (Å²) >= 11 is 0. The lowest BCUT2D eigenvalue weighted by Gasteiger charge is -2.40. The third-order valence-electron chi connectivity index (χ3n) is 6.86. The molecule has 3 atom stereocenters. The normalized spacial score (nSPS) is 26.7. The van der Waals surface area contributed by atoms with Gasteiger partial charge in [0.05, 0.1) is 38.4 Å². The first-order chi connectivity index (χ1) is 13.8. The van der Waals surface area contributed by atoms with E-state index in [2.05, 4.69) is 6.92 Å². The average molecular weight is 408 g/mol. The zero-order chi connectivity index (χ0) is 21.2. The Hall–Kier alpha value is -1.83. The van der Waals surface area contributed by atoms with Crippen molar-refractivity contribution in [2.24, 2.45) is 10.8 Å². The molecule has 2 aliphatic heterocycles. The molecule has 1 aromatic carbocycles. The van der Waals surface area contributed by atoms with Crippen LogP contribution in [0, 0.1) is 10.8 Å². The van der Waals surface area contributed by atoms with Crippen molar-refractivity contribution in [2.45, 2.75) is 39.2 Å². The number of aliphatic hydroxyl groups excluding tert-OH is 2. The first kappa shape index (κ1) is 21.9. The van der Waals surface area contributed by atoms with Crippen LogP contribution in [0.25, 0.3) is 0 Å². The number of amides is 1. The molecule has 29 heavy (non-hydrogen) atoms. The number of carbonyl (C=O) groups excluding carboxylic acids is 1. The number of carbonyl (C=O) groups is 1. The Labute approximate surface area is 172 Å². The highest BCUT2D eigenvalue weighted by Crippen LogP contribution is 2.47. The Morgan fingerprint density at radius 2 is 2.10 bits per heavy atom. The van der Waals surface area contributed by atoms with Crippen LogP contribution in [0.4, 0.5) is 0 Å². The predicted octanol–water partition coefficient (Wildman–Crippen LogP) is 1.81. The molecule has 7 heteroatoms. The monoisotopic (exact) mass is 407 g/mol. The lowest BCUT2D eigenvalue weighted by molar-refractivity contribution is -0.133. The number of likely N-dealkylation sites (tertiary alicyclic amines) is 1. The van der Waals surface area contributed by atoms with Gasteiger partial charge in [0.15, 0.2) is 11.5 Å². The Kier molecular flexibility index (Phi) is 6.41. The van der Waals surface area contributed by atoms with Crippen molar-refractivity contribution in [1.29, 1.82) is 0 Å². The number of methoxy groups -OCH3 is 1. The van der Waals surface area contributed by atoms with E-state index in [1.54, 1.807) is 18.9 Å². The third-order valence-corrected chi connectivity index (χ3v) is 6.86. The van der Waals surface area contributed by atoms with Gasteiger partial charge in [-0.1, -0.05) is 19.9 Å². The van der Waals surface area contributed by atoms with Gasteiger partial charge in [-0.25, -0.2) is 0 Å². The van der Waals surface area contributed by atoms with Gasteiger partial charge in [-0.15, -0.1) is 0 Å². The fourth-order valence-electron chi connectivity index (χ4n) is 4.25. The van der Waals surface area contributed by atoms with E-state index in [-0.39, 0.29) is 17.2 Å². The molecule has 2 aliphatic rings. The molecule has 3 rings (SSSR count). The van der Waals surface area contributed by atoms with E-state index < -0.39 is 18.1 Å². The van der Waals surface area contributed by atoms with Gasteiger partial charge >= 0.3 is 0 Å². The van der Waals surface area contributed by atoms with Crippen LogP contribution >= 0.6 is 0 Å². The van der Waals surface area contributed by atoms with E-state index in [0.717, 1.165) is 12.0 Å². The van der Waals surface area contributed by atoms with E-state index in [1.807, 2.05) is 25.1 Å². The second-order valence-electron chi connectivity index (χ2n) is 8.71. The Bertz CT molecular complexity index is 727. The highest BCUT2D eigenvalue weighted by atomic mass is 16.5. The first-order valence-corrected chi connectivity index (χ1v) is 10.2. The standard InChI is InChI=1S/C22H33NO6/c1-5-22(12-28-13-22)14-29-19-8-16(6-7-18(19)27-4)17-9-23(20(26)10-24)11-21(17,3)15(2)25/h6-8,15,17,24-25H,5,9-14H2,1-4H3/t15?,17?,21-/m1/s1. The molecule has 1 amide bonds. The van der Waals surface area contributed by atoms with E-state index in [9.17, 15) is 15.0 Å². The summed E-state index contributed by atoms with van der Waals surface area (Å²) in [7, 11) is 1.61. The van der Waals surface area contributed by atoms with Crippen LogP contribution in [0.1, 0.15) is 38.7 Å². The maximum Gasteiger partial charge on any atom is 0.248 e. The van der Waals surface area contributed by atoms with Crippen molar-refractivity contribution in [2.75, 3.05) is 46.6 Å². The van der Waals surface area contributed by atoms with Gasteiger partial charge in [-0.2, -0.15) is 0 Å². The van der Waals surface area contributed by atoms with Gasteiger partial charge in [0.25, 0.3) is 0 Å². The van der Waals surface area contributed by atoms with Crippen LogP contribution in [-0.2, 0) is 9.53 Å². The average Bonchev–Trinajstić information content (AvgIpc) is 3.05. The smallest absolute Gasteiger partial charge is 0.248 e. The summed E-state index contributed by atoms with van der Waals surface area (Å²) in [5.74, 6) is 0.905. The van der Waals surface area contributed by atoms with E-state index >= 15 is 0 Å². The van der Waals surface area contributed by atoms with Crippen molar-refractivity contribution in [3.05, 3.63) is 23.8 Å². The summed E-state index contributed by atoms with van der Waals surface area (Å²) < 4.78 is 17.0. The quantitative estimate of drug-likeness (QED) is 0.683. The second kappa shape index (κ2) is 8.50. The van der Waals surface area contributed by atoms with Gasteiger partial charge < -0.3 is 29.3 Å². The van der Waals surface area contributed by atoms with Crippen molar-refractivity contribution >= 4 is 5.91 Å². The Balaban J connectivity index is 1.87. The molecular weight excluding hydrogens is 374 g/mol. The molecule has 7 nitrogen and oxygen atoms in total. The molecule has 2 fully saturated rings. The number of hydrogen-bond acceptors (Lipinski definition) is 6. The summed E-state index contributed by atoms with van der Waals surface area (Å²) in [5, 5.41) is 19.8. The lowest BCUT2D eigenvalue weighted by atomic mass is 9.72. The summed E-state index contributed by atoms with van der Waals surface area (Å²) in [4.78, 5) is 13.7. The van der Waals surface area contributed by atoms with E-state index in [4.69, 9.17) is 14.2 Å². The first-order valence-electron chi connectivity index (χ1n) is 10.2. The molecule has 1 aromatic rings. The maximum absolute atomic E-state index is 12.1. The largest absolute Gasteiger partial charge is 0.493 e. The minimum atomic E-state index is -0.619. The molecule has 2 unspecified atom stereocenters. The summed E-state index contributed by atoms with van der Waals surface area (Å²) in [6, 6.07) is 5.80. The molecule has 2 heterocycles. The molecule has 0 radical (unpaired) electrons. The van der Waals surface area contributed by atoms with Crippen LogP contribution in [0.5, 0.6) is 11.5 Å². The van der Waals surface area contributed by atoms with E-state index in [1.165, 1.54) is 0 Å². The minimum Gasteiger partial charge on any atom is -0.493 e. The fourth-order valence-corrected chi connectivity index (χ4v) is 4.25. The van der Waals surface area contributed by atoms with Gasteiger partial charge in [0, 0.05) is 24.4 Å². The molecule has 2 saturated heterocycles. The predicted molar refractivity (Wildman–Crippen MR) is 108 cm³/mol. The van der Waals surface area contributed by atoms with Crippen molar-refractivity contribution in [3.8, 4) is 11.5 Å². The highest BCUT2D eigenvalue weighted by Gasteiger charge is 2.48. The van der Waals surface area contributed by atoms with Gasteiger partial charge in [-0.3, -0.25) is 4.79 Å². The molecule has 0 aromatic heterocycles. The van der Waals surface area contributed by atoms with Gasteiger partial charge in [0.1, 0.15) is 6.61 Å². The molecule has 0 saturated carbocycles. The topological polar surface area (TPSA) is 88.5 Å². The fraction of sp³-hybridized carbons (Fsp3) is 0.682. The Morgan fingerprint density at radius 3 is 2.62 bits per heavy atom. The van der Waals surface area contributed by atoms with Crippen LogP contribution in [0.15, 0.2) is 18.2 Å². The molecule has 0 spiro atoms. The molecule has 0 bridgehead atoms. The summed E-state index contributed by atoms with van der Waals surface area (Å²) in [5.41, 5.74) is 0.503. The Morgan fingerprint density at radius 1 is 1.38 bits per heavy atom. The number of hydrogen-bond donors (Lipinski definition) is 2. The second-order valence-corrected chi connectivity index (χ2v) is 8.71. The zero-order valence-electron chi connectivity index (χ0n) is 17.8. The molecular formula is C22H33NO6. The SMILES string of the molecule is CCC1(COc2cc(C3CN(C(=O)CO)C[C@]3(C)C(C)O)ccc2OC)COC1. The number of rotatable bonds is 8. The third kappa shape index (κ3) is 4.09. The van der Waals surface area contributed by atoms with Crippen LogP contribution in [-0.4, -0.2) is 73.8 Å². The zero-order valence-corrected chi connectivity index (χ0v) is 17.8. The van der Waals surface area contributed by atoms with Crippen molar-refractivity contribution < 1.29 is 29.2 Å². The molecule has 162 valence electrons. The number of nitrogens with zero attached hydrogens (tertiary/aromatic N) is 1. The molecule has 2 N–H and O–H groups in total.